The molecule has 0 radical (unpaired) electrons. The highest BCUT2D eigenvalue weighted by atomic mass is 35.5. The smallest absolute Gasteiger partial charge is 0.317 e. The highest BCUT2D eigenvalue weighted by Crippen LogP contribution is 2.29. The normalized spacial score (nSPS) is 15.4. The van der Waals surface area contributed by atoms with Gasteiger partial charge in [0.2, 0.25) is 0 Å². The van der Waals surface area contributed by atoms with Crippen molar-refractivity contribution in [2.24, 2.45) is 5.92 Å². The van der Waals surface area contributed by atoms with Crippen LogP contribution in [0.25, 0.3) is 10.9 Å². The van der Waals surface area contributed by atoms with Gasteiger partial charge in [-0.3, -0.25) is 0 Å². The molecule has 1 aliphatic heterocycles. The Morgan fingerprint density at radius 1 is 1.41 bits per heavy atom. The zero-order valence-corrected chi connectivity index (χ0v) is 14.0. The lowest BCUT2D eigenvalue weighted by molar-refractivity contribution is 0.129. The molecule has 2 heterocycles. The van der Waals surface area contributed by atoms with Gasteiger partial charge in [-0.15, -0.1) is 0 Å². The second kappa shape index (κ2) is 5.84. The van der Waals surface area contributed by atoms with E-state index in [-0.39, 0.29) is 6.03 Å². The number of benzene rings is 1. The van der Waals surface area contributed by atoms with Gasteiger partial charge in [-0.1, -0.05) is 32.4 Å². The Morgan fingerprint density at radius 2 is 2.14 bits per heavy atom. The van der Waals surface area contributed by atoms with Gasteiger partial charge >= 0.3 is 6.03 Å². The SMILES string of the molecule is CC1CN(C(=O)NCc2cc3cc(Cl)c(C(C)C)cc3[nH]2)C1. The Morgan fingerprint density at radius 3 is 2.77 bits per heavy atom. The number of likely N-dealkylation sites (tertiary alicyclic amines) is 1. The van der Waals surface area contributed by atoms with E-state index in [1.54, 1.807) is 0 Å². The van der Waals surface area contributed by atoms with Crippen LogP contribution >= 0.6 is 11.6 Å². The van der Waals surface area contributed by atoms with Crippen LogP contribution in [0, 0.1) is 5.92 Å². The van der Waals surface area contributed by atoms with Gasteiger partial charge in [0, 0.05) is 34.7 Å². The third-order valence-electron chi connectivity index (χ3n) is 4.20. The number of H-pyrrole nitrogens is 1. The predicted octanol–water partition coefficient (Wildman–Crippen LogP) is 4.11. The quantitative estimate of drug-likeness (QED) is 0.879. The molecule has 4 nitrogen and oxygen atoms in total. The maximum atomic E-state index is 11.9. The van der Waals surface area contributed by atoms with Gasteiger partial charge < -0.3 is 15.2 Å². The molecule has 5 heteroatoms. The van der Waals surface area contributed by atoms with E-state index in [1.807, 2.05) is 17.0 Å². The molecular weight excluding hydrogens is 298 g/mol. The second-order valence-corrected chi connectivity index (χ2v) is 6.99. The minimum Gasteiger partial charge on any atom is -0.357 e. The number of hydrogen-bond donors (Lipinski definition) is 2. The largest absolute Gasteiger partial charge is 0.357 e. The van der Waals surface area contributed by atoms with E-state index in [0.29, 0.717) is 18.4 Å². The molecule has 118 valence electrons. The Labute approximate surface area is 135 Å². The molecule has 1 saturated heterocycles. The van der Waals surface area contributed by atoms with E-state index in [9.17, 15) is 4.79 Å². The molecule has 1 fully saturated rings. The molecule has 1 aromatic carbocycles. The number of aromatic amines is 1. The van der Waals surface area contributed by atoms with E-state index in [1.165, 1.54) is 0 Å². The first kappa shape index (κ1) is 15.2. The highest BCUT2D eigenvalue weighted by molar-refractivity contribution is 6.32. The van der Waals surface area contributed by atoms with Crippen LogP contribution in [-0.4, -0.2) is 29.0 Å². The van der Waals surface area contributed by atoms with Crippen LogP contribution in [0.5, 0.6) is 0 Å². The summed E-state index contributed by atoms with van der Waals surface area (Å²) in [5.74, 6) is 1.01. The van der Waals surface area contributed by atoms with Crippen LogP contribution in [0.2, 0.25) is 5.02 Å². The molecule has 3 rings (SSSR count). The fourth-order valence-electron chi connectivity index (χ4n) is 2.91. The fraction of sp³-hybridized carbons (Fsp3) is 0.471. The Kier molecular flexibility index (Phi) is 4.04. The molecule has 1 aliphatic rings. The monoisotopic (exact) mass is 319 g/mol. The van der Waals surface area contributed by atoms with Crippen molar-refractivity contribution in [2.45, 2.75) is 33.2 Å². The highest BCUT2D eigenvalue weighted by Gasteiger charge is 2.26. The van der Waals surface area contributed by atoms with Crippen LogP contribution < -0.4 is 5.32 Å². The maximum Gasteiger partial charge on any atom is 0.317 e. The standard InChI is InChI=1S/C17H22ClN3O/c1-10(2)14-6-16-12(5-15(14)18)4-13(20-16)7-19-17(22)21-8-11(3)9-21/h4-6,10-11,20H,7-9H2,1-3H3,(H,19,22). The number of fused-ring (bicyclic) bond motifs is 1. The number of halogens is 1. The maximum absolute atomic E-state index is 11.9. The van der Waals surface area contributed by atoms with Crippen molar-refractivity contribution in [1.29, 1.82) is 0 Å². The van der Waals surface area contributed by atoms with Crippen LogP contribution in [0.4, 0.5) is 4.79 Å². The summed E-state index contributed by atoms with van der Waals surface area (Å²) in [4.78, 5) is 17.1. The number of urea groups is 1. The van der Waals surface area contributed by atoms with Gasteiger partial charge in [-0.2, -0.15) is 0 Å². The summed E-state index contributed by atoms with van der Waals surface area (Å²) in [5.41, 5.74) is 3.20. The van der Waals surface area contributed by atoms with E-state index < -0.39 is 0 Å². The van der Waals surface area contributed by atoms with Gasteiger partial charge in [0.25, 0.3) is 0 Å². The fourth-order valence-corrected chi connectivity index (χ4v) is 3.31. The summed E-state index contributed by atoms with van der Waals surface area (Å²) in [6.45, 7) is 8.62. The van der Waals surface area contributed by atoms with E-state index in [0.717, 1.165) is 40.3 Å². The summed E-state index contributed by atoms with van der Waals surface area (Å²) in [6, 6.07) is 6.15. The molecule has 0 unspecified atom stereocenters. The number of nitrogens with zero attached hydrogens (tertiary/aromatic N) is 1. The van der Waals surface area contributed by atoms with E-state index in [2.05, 4.69) is 37.1 Å². The zero-order chi connectivity index (χ0) is 15.9. The molecular formula is C17H22ClN3O. The lowest BCUT2D eigenvalue weighted by atomic mass is 10.0. The van der Waals surface area contributed by atoms with Gasteiger partial charge in [0.1, 0.15) is 0 Å². The molecule has 22 heavy (non-hydrogen) atoms. The summed E-state index contributed by atoms with van der Waals surface area (Å²) in [7, 11) is 0. The van der Waals surface area contributed by atoms with Crippen LogP contribution in [-0.2, 0) is 6.54 Å². The molecule has 0 aliphatic carbocycles. The molecule has 2 N–H and O–H groups in total. The summed E-state index contributed by atoms with van der Waals surface area (Å²) in [6.07, 6.45) is 0. The van der Waals surface area contributed by atoms with Crippen molar-refractivity contribution < 1.29 is 4.79 Å². The minimum atomic E-state index is 0.0117. The Balaban J connectivity index is 1.71. The van der Waals surface area contributed by atoms with Crippen molar-refractivity contribution in [2.75, 3.05) is 13.1 Å². The first-order chi connectivity index (χ1) is 10.4. The molecule has 2 amide bonds. The average molecular weight is 320 g/mol. The summed E-state index contributed by atoms with van der Waals surface area (Å²) < 4.78 is 0. The molecule has 0 saturated carbocycles. The molecule has 0 atom stereocenters. The van der Waals surface area contributed by atoms with Crippen molar-refractivity contribution in [1.82, 2.24) is 15.2 Å². The number of hydrogen-bond acceptors (Lipinski definition) is 1. The number of nitrogens with one attached hydrogen (secondary N) is 2. The molecule has 0 bridgehead atoms. The van der Waals surface area contributed by atoms with Crippen molar-refractivity contribution in [3.63, 3.8) is 0 Å². The van der Waals surface area contributed by atoms with Gasteiger partial charge in [-0.25, -0.2) is 4.79 Å². The third kappa shape index (κ3) is 2.93. The van der Waals surface area contributed by atoms with Crippen LogP contribution in [0.3, 0.4) is 0 Å². The molecule has 0 spiro atoms. The van der Waals surface area contributed by atoms with E-state index >= 15 is 0 Å². The molecule has 2 aromatic rings. The van der Waals surface area contributed by atoms with Gasteiger partial charge in [0.05, 0.1) is 6.54 Å². The Bertz CT molecular complexity index is 701. The average Bonchev–Trinajstić information content (AvgIpc) is 2.81. The van der Waals surface area contributed by atoms with Gasteiger partial charge in [-0.05, 0) is 35.6 Å². The van der Waals surface area contributed by atoms with Crippen molar-refractivity contribution in [3.05, 3.63) is 34.5 Å². The number of amides is 2. The lowest BCUT2D eigenvalue weighted by Gasteiger charge is -2.36. The van der Waals surface area contributed by atoms with Crippen molar-refractivity contribution in [3.8, 4) is 0 Å². The van der Waals surface area contributed by atoms with Crippen LogP contribution in [0.1, 0.15) is 37.9 Å². The Hall–Kier alpha value is -1.68. The van der Waals surface area contributed by atoms with Crippen LogP contribution in [0.15, 0.2) is 18.2 Å². The first-order valence-electron chi connectivity index (χ1n) is 7.78. The number of carbonyl (C=O) groups is 1. The van der Waals surface area contributed by atoms with Gasteiger partial charge in [0.15, 0.2) is 0 Å². The lowest BCUT2D eigenvalue weighted by Crippen LogP contribution is -2.52. The van der Waals surface area contributed by atoms with E-state index in [4.69, 9.17) is 11.6 Å². The number of carbonyl (C=O) groups excluding carboxylic acids is 1. The number of rotatable bonds is 3. The zero-order valence-electron chi connectivity index (χ0n) is 13.2. The predicted molar refractivity (Wildman–Crippen MR) is 90.4 cm³/mol. The summed E-state index contributed by atoms with van der Waals surface area (Å²) >= 11 is 6.33. The second-order valence-electron chi connectivity index (χ2n) is 6.58. The first-order valence-corrected chi connectivity index (χ1v) is 8.15. The molecule has 1 aromatic heterocycles. The number of aromatic nitrogens is 1. The minimum absolute atomic E-state index is 0.0117. The third-order valence-corrected chi connectivity index (χ3v) is 4.52. The van der Waals surface area contributed by atoms with Crippen molar-refractivity contribution >= 4 is 28.5 Å². The summed E-state index contributed by atoms with van der Waals surface area (Å²) in [5, 5.41) is 4.83. The topological polar surface area (TPSA) is 48.1 Å².